The zero-order valence-corrected chi connectivity index (χ0v) is 6.69. The molecule has 1 rings (SSSR count). The zero-order valence-electron chi connectivity index (χ0n) is 5.93. The summed E-state index contributed by atoms with van der Waals surface area (Å²) in [5.74, 6) is 0. The van der Waals surface area contributed by atoms with Gasteiger partial charge in [-0.3, -0.25) is 4.79 Å². The number of amides is 1. The molecule has 58 valence electrons. The van der Waals surface area contributed by atoms with Gasteiger partial charge in [-0.05, 0) is 18.5 Å². The molecule has 0 unspecified atom stereocenters. The fourth-order valence-corrected chi connectivity index (χ4v) is 1.25. The standard InChI is InChI=1S/C6H11ClN2O/c1-5-4-9(6(7)10)3-2-8-5/h5,8H,2-4H2,1H3/t5-/m1/s1. The van der Waals surface area contributed by atoms with E-state index in [0.717, 1.165) is 19.6 Å². The molecule has 1 heterocycles. The largest absolute Gasteiger partial charge is 0.326 e. The summed E-state index contributed by atoms with van der Waals surface area (Å²) < 4.78 is 0. The molecular weight excluding hydrogens is 152 g/mol. The van der Waals surface area contributed by atoms with Crippen LogP contribution in [0, 0.1) is 0 Å². The maximum atomic E-state index is 10.6. The Morgan fingerprint density at radius 3 is 2.90 bits per heavy atom. The second-order valence-electron chi connectivity index (χ2n) is 2.55. The summed E-state index contributed by atoms with van der Waals surface area (Å²) in [4.78, 5) is 12.2. The first kappa shape index (κ1) is 7.82. The van der Waals surface area contributed by atoms with Crippen molar-refractivity contribution in [1.82, 2.24) is 10.2 Å². The highest BCUT2D eigenvalue weighted by Crippen LogP contribution is 2.01. The Kier molecular flexibility index (Phi) is 2.51. The van der Waals surface area contributed by atoms with Gasteiger partial charge in [0.25, 0.3) is 0 Å². The van der Waals surface area contributed by atoms with E-state index < -0.39 is 0 Å². The summed E-state index contributed by atoms with van der Waals surface area (Å²) in [6, 6.07) is 0.372. The van der Waals surface area contributed by atoms with Crippen LogP contribution in [0.4, 0.5) is 4.79 Å². The molecular formula is C6H11ClN2O. The fraction of sp³-hybridized carbons (Fsp3) is 0.833. The van der Waals surface area contributed by atoms with Crippen molar-refractivity contribution in [2.75, 3.05) is 19.6 Å². The Morgan fingerprint density at radius 1 is 1.80 bits per heavy atom. The molecule has 1 fully saturated rings. The molecule has 10 heavy (non-hydrogen) atoms. The van der Waals surface area contributed by atoms with Gasteiger partial charge in [0.2, 0.25) is 0 Å². The quantitative estimate of drug-likeness (QED) is 0.419. The van der Waals surface area contributed by atoms with Crippen molar-refractivity contribution in [3.63, 3.8) is 0 Å². The Balaban J connectivity index is 2.39. The minimum Gasteiger partial charge on any atom is -0.326 e. The second-order valence-corrected chi connectivity index (χ2v) is 2.88. The summed E-state index contributed by atoms with van der Waals surface area (Å²) in [5, 5.41) is 2.87. The molecule has 1 aliphatic rings. The first-order valence-electron chi connectivity index (χ1n) is 3.38. The van der Waals surface area contributed by atoms with E-state index in [4.69, 9.17) is 11.6 Å². The number of hydrogen-bond acceptors (Lipinski definition) is 2. The zero-order chi connectivity index (χ0) is 7.56. The minimum absolute atomic E-state index is 0.339. The molecule has 1 saturated heterocycles. The lowest BCUT2D eigenvalue weighted by Crippen LogP contribution is -2.49. The summed E-state index contributed by atoms with van der Waals surface area (Å²) in [5.41, 5.74) is 0. The molecule has 0 aromatic heterocycles. The van der Waals surface area contributed by atoms with Crippen molar-refractivity contribution < 1.29 is 4.79 Å². The van der Waals surface area contributed by atoms with Crippen molar-refractivity contribution in [2.45, 2.75) is 13.0 Å². The first-order chi connectivity index (χ1) is 4.70. The Morgan fingerprint density at radius 2 is 2.50 bits per heavy atom. The van der Waals surface area contributed by atoms with Crippen LogP contribution in [-0.2, 0) is 0 Å². The van der Waals surface area contributed by atoms with E-state index in [1.165, 1.54) is 0 Å². The Labute approximate surface area is 65.3 Å². The van der Waals surface area contributed by atoms with E-state index in [9.17, 15) is 4.79 Å². The highest BCUT2D eigenvalue weighted by atomic mass is 35.5. The van der Waals surface area contributed by atoms with Gasteiger partial charge in [-0.15, -0.1) is 0 Å². The number of nitrogens with one attached hydrogen (secondary N) is 1. The molecule has 0 saturated carbocycles. The normalized spacial score (nSPS) is 26.6. The van der Waals surface area contributed by atoms with Crippen LogP contribution >= 0.6 is 11.6 Å². The SMILES string of the molecule is C[C@@H]1CN(C(=O)Cl)CCN1. The van der Waals surface area contributed by atoms with Gasteiger partial charge in [0.05, 0.1) is 0 Å². The van der Waals surface area contributed by atoms with Crippen LogP contribution in [0.25, 0.3) is 0 Å². The van der Waals surface area contributed by atoms with Crippen molar-refractivity contribution in [3.05, 3.63) is 0 Å². The minimum atomic E-state index is -0.339. The van der Waals surface area contributed by atoms with Gasteiger partial charge in [-0.1, -0.05) is 0 Å². The van der Waals surface area contributed by atoms with E-state index in [1.54, 1.807) is 4.90 Å². The maximum Gasteiger partial charge on any atom is 0.316 e. The summed E-state index contributed by atoms with van der Waals surface area (Å²) in [7, 11) is 0. The Hall–Kier alpha value is -0.280. The van der Waals surface area contributed by atoms with Crippen LogP contribution in [0.1, 0.15) is 6.92 Å². The number of hydrogen-bond donors (Lipinski definition) is 1. The molecule has 1 N–H and O–H groups in total. The lowest BCUT2D eigenvalue weighted by atomic mass is 10.2. The van der Waals surface area contributed by atoms with Gasteiger partial charge < -0.3 is 10.2 Å². The van der Waals surface area contributed by atoms with Gasteiger partial charge in [0, 0.05) is 25.7 Å². The monoisotopic (exact) mass is 162 g/mol. The smallest absolute Gasteiger partial charge is 0.316 e. The third-order valence-corrected chi connectivity index (χ3v) is 1.86. The summed E-state index contributed by atoms with van der Waals surface area (Å²) in [6.45, 7) is 4.33. The van der Waals surface area contributed by atoms with Crippen LogP contribution in [0.15, 0.2) is 0 Å². The molecule has 0 bridgehead atoms. The van der Waals surface area contributed by atoms with Gasteiger partial charge >= 0.3 is 5.37 Å². The van der Waals surface area contributed by atoms with Crippen LogP contribution in [-0.4, -0.2) is 35.9 Å². The van der Waals surface area contributed by atoms with Gasteiger partial charge in [-0.2, -0.15) is 0 Å². The predicted octanol–water partition coefficient (Wildman–Crippen LogP) is 0.639. The van der Waals surface area contributed by atoms with Crippen molar-refractivity contribution in [2.24, 2.45) is 0 Å². The molecule has 0 aromatic rings. The van der Waals surface area contributed by atoms with E-state index in [1.807, 2.05) is 6.92 Å². The number of piperazine rings is 1. The Bertz CT molecular complexity index is 140. The van der Waals surface area contributed by atoms with Crippen molar-refractivity contribution in [1.29, 1.82) is 0 Å². The van der Waals surface area contributed by atoms with Crippen molar-refractivity contribution in [3.8, 4) is 0 Å². The third kappa shape index (κ3) is 1.85. The third-order valence-electron chi connectivity index (χ3n) is 1.62. The van der Waals surface area contributed by atoms with E-state index in [0.29, 0.717) is 6.04 Å². The number of rotatable bonds is 0. The molecule has 4 heteroatoms. The average molecular weight is 163 g/mol. The summed E-state index contributed by atoms with van der Waals surface area (Å²) in [6.07, 6.45) is 0. The maximum absolute atomic E-state index is 10.6. The molecule has 1 amide bonds. The van der Waals surface area contributed by atoms with Crippen LogP contribution < -0.4 is 5.32 Å². The lowest BCUT2D eigenvalue weighted by molar-refractivity contribution is 0.202. The number of nitrogens with zero attached hydrogens (tertiary/aromatic N) is 1. The van der Waals surface area contributed by atoms with Crippen LogP contribution in [0.2, 0.25) is 0 Å². The number of halogens is 1. The average Bonchev–Trinajstić information content (AvgIpc) is 1.88. The van der Waals surface area contributed by atoms with Crippen LogP contribution in [0.5, 0.6) is 0 Å². The molecule has 0 aliphatic carbocycles. The fourth-order valence-electron chi connectivity index (χ4n) is 1.09. The van der Waals surface area contributed by atoms with E-state index in [2.05, 4.69) is 5.32 Å². The molecule has 0 spiro atoms. The van der Waals surface area contributed by atoms with E-state index >= 15 is 0 Å². The van der Waals surface area contributed by atoms with E-state index in [-0.39, 0.29) is 5.37 Å². The van der Waals surface area contributed by atoms with Crippen molar-refractivity contribution >= 4 is 17.0 Å². The van der Waals surface area contributed by atoms with Crippen LogP contribution in [0.3, 0.4) is 0 Å². The topological polar surface area (TPSA) is 32.3 Å². The number of carbonyl (C=O) groups excluding carboxylic acids is 1. The van der Waals surface area contributed by atoms with Gasteiger partial charge in [0.1, 0.15) is 0 Å². The molecule has 0 aromatic carbocycles. The molecule has 1 atom stereocenters. The highest BCUT2D eigenvalue weighted by molar-refractivity contribution is 6.62. The molecule has 1 aliphatic heterocycles. The second kappa shape index (κ2) is 3.21. The predicted molar refractivity (Wildman–Crippen MR) is 40.3 cm³/mol. The molecule has 0 radical (unpaired) electrons. The van der Waals surface area contributed by atoms with Gasteiger partial charge in [0.15, 0.2) is 0 Å². The highest BCUT2D eigenvalue weighted by Gasteiger charge is 2.17. The summed E-state index contributed by atoms with van der Waals surface area (Å²) >= 11 is 5.28. The molecule has 3 nitrogen and oxygen atoms in total. The first-order valence-corrected chi connectivity index (χ1v) is 3.75. The van der Waals surface area contributed by atoms with Gasteiger partial charge in [-0.25, -0.2) is 0 Å². The number of carbonyl (C=O) groups is 1. The lowest BCUT2D eigenvalue weighted by Gasteiger charge is -2.29.